The SMILES string of the molecule is C=O.CCOC(C)CSc1ccc(Cl)cc1.CCOC(CBr)OCC.Sc1ccc(Cl)cc1. The van der Waals surface area contributed by atoms with Crippen LogP contribution in [0, 0.1) is 0 Å². The van der Waals surface area contributed by atoms with E-state index < -0.39 is 0 Å². The topological polar surface area (TPSA) is 44.8 Å². The molecule has 0 aromatic heterocycles. The lowest BCUT2D eigenvalue weighted by molar-refractivity contribution is -0.119. The number of hydrogen-bond acceptors (Lipinski definition) is 6. The number of benzene rings is 2. The zero-order chi connectivity index (χ0) is 25.5. The second-order valence-electron chi connectivity index (χ2n) is 6.00. The third-order valence-corrected chi connectivity index (χ3v) is 5.98. The Hall–Kier alpha value is -0.250. The molecular weight excluding hydrogens is 567 g/mol. The molecule has 9 heteroatoms. The van der Waals surface area contributed by atoms with E-state index in [1.807, 2.05) is 76.1 Å². The van der Waals surface area contributed by atoms with Crippen molar-refractivity contribution in [3.63, 3.8) is 0 Å². The van der Waals surface area contributed by atoms with Crippen LogP contribution >= 0.6 is 63.5 Å². The zero-order valence-corrected chi connectivity index (χ0v) is 24.4. The van der Waals surface area contributed by atoms with Gasteiger partial charge in [-0.15, -0.1) is 24.4 Å². The Morgan fingerprint density at radius 2 is 1.30 bits per heavy atom. The third kappa shape index (κ3) is 22.0. The van der Waals surface area contributed by atoms with Crippen LogP contribution in [0.2, 0.25) is 10.0 Å². The van der Waals surface area contributed by atoms with E-state index in [4.69, 9.17) is 42.2 Å². The molecule has 2 aromatic rings. The molecule has 0 saturated carbocycles. The van der Waals surface area contributed by atoms with Gasteiger partial charge in [0.15, 0.2) is 6.29 Å². The number of ether oxygens (including phenoxy) is 3. The lowest BCUT2D eigenvalue weighted by Crippen LogP contribution is -2.18. The van der Waals surface area contributed by atoms with Crippen LogP contribution in [0.15, 0.2) is 58.3 Å². The van der Waals surface area contributed by atoms with Crippen LogP contribution in [0.5, 0.6) is 0 Å². The Labute approximate surface area is 227 Å². The first-order valence-electron chi connectivity index (χ1n) is 10.4. The summed E-state index contributed by atoms with van der Waals surface area (Å²) >= 11 is 20.5. The van der Waals surface area contributed by atoms with Crippen molar-refractivity contribution >= 4 is 70.3 Å². The summed E-state index contributed by atoms with van der Waals surface area (Å²) in [6.45, 7) is 12.2. The van der Waals surface area contributed by atoms with Crippen LogP contribution in [0.1, 0.15) is 27.7 Å². The Morgan fingerprint density at radius 3 is 1.67 bits per heavy atom. The Morgan fingerprint density at radius 1 is 0.879 bits per heavy atom. The van der Waals surface area contributed by atoms with Crippen LogP contribution in [0.4, 0.5) is 0 Å². The van der Waals surface area contributed by atoms with Gasteiger partial charge in [0.2, 0.25) is 0 Å². The number of thiol groups is 1. The van der Waals surface area contributed by atoms with Crippen molar-refractivity contribution in [2.75, 3.05) is 30.9 Å². The summed E-state index contributed by atoms with van der Waals surface area (Å²) < 4.78 is 15.8. The largest absolute Gasteiger partial charge is 0.378 e. The standard InChI is InChI=1S/C11H15ClOS.C6H13BrO2.C6H5ClS.CH2O/c1-3-13-9(2)8-14-11-6-4-10(12)5-7-11;1-3-8-6(5-7)9-4-2;7-5-1-3-6(8)4-2-5;1-2/h4-7,9H,3,8H2,1-2H3;6H,3-5H2,1-2H3;1-4,8H;1H2. The first-order chi connectivity index (χ1) is 15.9. The molecule has 0 fully saturated rings. The Bertz CT molecular complexity index is 652. The average Bonchev–Trinajstić information content (AvgIpc) is 2.83. The maximum Gasteiger partial charge on any atom is 0.167 e. The molecule has 4 nitrogen and oxygen atoms in total. The molecule has 0 amide bonds. The fourth-order valence-electron chi connectivity index (χ4n) is 2.03. The molecule has 1 atom stereocenters. The minimum atomic E-state index is -0.0694. The van der Waals surface area contributed by atoms with E-state index in [1.54, 1.807) is 11.8 Å². The van der Waals surface area contributed by atoms with E-state index in [9.17, 15) is 0 Å². The van der Waals surface area contributed by atoms with Crippen LogP contribution in [-0.4, -0.2) is 50.1 Å². The van der Waals surface area contributed by atoms with E-state index in [-0.39, 0.29) is 6.29 Å². The average molecular weight is 602 g/mol. The predicted octanol–water partition coefficient (Wildman–Crippen LogP) is 8.08. The third-order valence-electron chi connectivity index (χ3n) is 3.41. The number of carbonyl (C=O) groups is 1. The van der Waals surface area contributed by atoms with Crippen molar-refractivity contribution in [3.8, 4) is 0 Å². The minimum absolute atomic E-state index is 0.0694. The Balaban J connectivity index is 0. The number of thioether (sulfide) groups is 1. The molecule has 0 N–H and O–H groups in total. The number of halogens is 3. The highest BCUT2D eigenvalue weighted by Crippen LogP contribution is 2.21. The minimum Gasteiger partial charge on any atom is -0.378 e. The molecule has 0 radical (unpaired) electrons. The summed E-state index contributed by atoms with van der Waals surface area (Å²) in [6.07, 6.45) is 0.237. The molecule has 2 aromatic carbocycles. The van der Waals surface area contributed by atoms with Crippen molar-refractivity contribution in [1.82, 2.24) is 0 Å². The maximum absolute atomic E-state index is 8.00. The van der Waals surface area contributed by atoms with Gasteiger partial charge in [-0.25, -0.2) is 0 Å². The summed E-state index contributed by atoms with van der Waals surface area (Å²) in [5.41, 5.74) is 0. The first kappa shape index (κ1) is 34.9. The van der Waals surface area contributed by atoms with Gasteiger partial charge < -0.3 is 19.0 Å². The lowest BCUT2D eigenvalue weighted by Gasteiger charge is -2.12. The number of alkyl halides is 1. The normalized spacial score (nSPS) is 10.7. The highest BCUT2D eigenvalue weighted by molar-refractivity contribution is 9.09. The summed E-state index contributed by atoms with van der Waals surface area (Å²) in [7, 11) is 0. The highest BCUT2D eigenvalue weighted by Gasteiger charge is 2.03. The van der Waals surface area contributed by atoms with Crippen molar-refractivity contribution in [3.05, 3.63) is 58.6 Å². The maximum atomic E-state index is 8.00. The van der Waals surface area contributed by atoms with E-state index in [0.29, 0.717) is 19.3 Å². The molecular formula is C24H35BrCl2O4S2. The van der Waals surface area contributed by atoms with Gasteiger partial charge in [0.05, 0.1) is 11.4 Å². The molecule has 188 valence electrons. The fourth-order valence-corrected chi connectivity index (χ4v) is 3.65. The summed E-state index contributed by atoms with van der Waals surface area (Å²) in [5, 5.41) is 2.28. The molecule has 33 heavy (non-hydrogen) atoms. The number of carbonyl (C=O) groups excluding carboxylic acids is 1. The van der Waals surface area contributed by atoms with E-state index in [1.165, 1.54) is 4.90 Å². The van der Waals surface area contributed by atoms with Gasteiger partial charge in [0.25, 0.3) is 0 Å². The molecule has 0 aliphatic heterocycles. The van der Waals surface area contributed by atoms with Crippen LogP contribution in [-0.2, 0) is 19.0 Å². The van der Waals surface area contributed by atoms with Crippen molar-refractivity contribution in [2.24, 2.45) is 0 Å². The summed E-state index contributed by atoms with van der Waals surface area (Å²) in [5.74, 6) is 0.982. The molecule has 1 unspecified atom stereocenters. The second-order valence-corrected chi connectivity index (χ2v) is 9.13. The molecule has 2 rings (SSSR count). The van der Waals surface area contributed by atoms with Gasteiger partial charge in [0.1, 0.15) is 6.79 Å². The summed E-state index contributed by atoms with van der Waals surface area (Å²) in [6, 6.07) is 15.2. The smallest absolute Gasteiger partial charge is 0.167 e. The quantitative estimate of drug-likeness (QED) is 0.129. The molecule has 0 aliphatic carbocycles. The fraction of sp³-hybridized carbons (Fsp3) is 0.458. The highest BCUT2D eigenvalue weighted by atomic mass is 79.9. The van der Waals surface area contributed by atoms with Crippen molar-refractivity contribution in [2.45, 2.75) is 49.9 Å². The van der Waals surface area contributed by atoms with E-state index in [2.05, 4.69) is 35.5 Å². The van der Waals surface area contributed by atoms with E-state index >= 15 is 0 Å². The Kier molecular flexibility index (Phi) is 26.3. The van der Waals surface area contributed by atoms with Gasteiger partial charge in [-0.1, -0.05) is 39.1 Å². The summed E-state index contributed by atoms with van der Waals surface area (Å²) in [4.78, 5) is 10.2. The second kappa shape index (κ2) is 24.9. The zero-order valence-electron chi connectivity index (χ0n) is 19.6. The first-order valence-corrected chi connectivity index (χ1v) is 13.7. The van der Waals surface area contributed by atoms with Crippen molar-refractivity contribution in [1.29, 1.82) is 0 Å². The molecule has 0 aliphatic rings. The number of rotatable bonds is 10. The van der Waals surface area contributed by atoms with Crippen LogP contribution in [0.25, 0.3) is 0 Å². The lowest BCUT2D eigenvalue weighted by atomic mass is 10.4. The molecule has 0 saturated heterocycles. The molecule has 0 heterocycles. The van der Waals surface area contributed by atoms with Gasteiger partial charge in [-0.3, -0.25) is 0 Å². The molecule has 0 bridgehead atoms. The monoisotopic (exact) mass is 600 g/mol. The number of hydrogen-bond donors (Lipinski definition) is 1. The van der Waals surface area contributed by atoms with Crippen LogP contribution in [0.3, 0.4) is 0 Å². The van der Waals surface area contributed by atoms with Gasteiger partial charge in [0, 0.05) is 45.4 Å². The van der Waals surface area contributed by atoms with Crippen molar-refractivity contribution < 1.29 is 19.0 Å². The van der Waals surface area contributed by atoms with Gasteiger partial charge in [-0.2, -0.15) is 0 Å². The predicted molar refractivity (Wildman–Crippen MR) is 150 cm³/mol. The molecule has 0 spiro atoms. The van der Waals surface area contributed by atoms with Crippen LogP contribution < -0.4 is 0 Å². The van der Waals surface area contributed by atoms with E-state index in [0.717, 1.165) is 32.6 Å². The van der Waals surface area contributed by atoms with Gasteiger partial charge >= 0.3 is 0 Å². The van der Waals surface area contributed by atoms with Gasteiger partial charge in [-0.05, 0) is 76.2 Å².